The maximum Gasteiger partial charge on any atom is 0.184 e. The second-order valence-electron chi connectivity index (χ2n) is 5.77. The van der Waals surface area contributed by atoms with Crippen molar-refractivity contribution in [1.82, 2.24) is 0 Å². The van der Waals surface area contributed by atoms with Crippen molar-refractivity contribution >= 4 is 0 Å². The van der Waals surface area contributed by atoms with Crippen molar-refractivity contribution in [3.05, 3.63) is 70.8 Å². The van der Waals surface area contributed by atoms with Crippen molar-refractivity contribution in [1.29, 1.82) is 0 Å². The van der Waals surface area contributed by atoms with Crippen LogP contribution in [0.3, 0.4) is 0 Å². The monoisotopic (exact) mass is 298 g/mol. The van der Waals surface area contributed by atoms with Crippen molar-refractivity contribution < 1.29 is 14.2 Å². The van der Waals surface area contributed by atoms with E-state index in [4.69, 9.17) is 14.2 Å². The molecule has 0 aliphatic carbocycles. The Bertz CT molecular complexity index is 601. The van der Waals surface area contributed by atoms with Crippen molar-refractivity contribution in [3.63, 3.8) is 0 Å². The Morgan fingerprint density at radius 1 is 1.00 bits per heavy atom. The lowest BCUT2D eigenvalue weighted by molar-refractivity contribution is -0.232. The van der Waals surface area contributed by atoms with Crippen LogP contribution in [0, 0.1) is 13.8 Å². The molecule has 0 atom stereocenters. The molecular weight excluding hydrogens is 276 g/mol. The summed E-state index contributed by atoms with van der Waals surface area (Å²) < 4.78 is 17.5. The molecule has 0 amide bonds. The fourth-order valence-corrected chi connectivity index (χ4v) is 2.60. The lowest BCUT2D eigenvalue weighted by Crippen LogP contribution is -2.33. The molecule has 0 radical (unpaired) electrons. The highest BCUT2D eigenvalue weighted by molar-refractivity contribution is 5.29. The molecule has 0 saturated carbocycles. The predicted octanol–water partition coefficient (Wildman–Crippen LogP) is 3.93. The summed E-state index contributed by atoms with van der Waals surface area (Å²) in [6, 6.07) is 16.4. The van der Waals surface area contributed by atoms with Crippen molar-refractivity contribution in [2.24, 2.45) is 0 Å². The molecule has 0 aromatic heterocycles. The molecule has 1 aliphatic heterocycles. The van der Waals surface area contributed by atoms with E-state index in [9.17, 15) is 0 Å². The second kappa shape index (κ2) is 7.05. The molecule has 0 bridgehead atoms. The first-order valence-corrected chi connectivity index (χ1v) is 7.68. The van der Waals surface area contributed by atoms with Gasteiger partial charge in [0, 0.05) is 5.56 Å². The van der Waals surface area contributed by atoms with E-state index in [1.54, 1.807) is 0 Å². The molecule has 22 heavy (non-hydrogen) atoms. The lowest BCUT2D eigenvalue weighted by atomic mass is 10.1. The van der Waals surface area contributed by atoms with Gasteiger partial charge in [-0.3, -0.25) is 0 Å². The maximum atomic E-state index is 5.92. The molecule has 1 heterocycles. The first-order chi connectivity index (χ1) is 10.7. The highest BCUT2D eigenvalue weighted by Crippen LogP contribution is 2.24. The van der Waals surface area contributed by atoms with Crippen LogP contribution in [0.5, 0.6) is 0 Å². The molecule has 3 nitrogen and oxygen atoms in total. The lowest BCUT2D eigenvalue weighted by Gasteiger charge is -2.29. The number of ether oxygens (including phenoxy) is 3. The van der Waals surface area contributed by atoms with Crippen LogP contribution in [0.1, 0.15) is 28.5 Å². The van der Waals surface area contributed by atoms with Crippen LogP contribution in [-0.4, -0.2) is 19.3 Å². The average molecular weight is 298 g/mol. The Morgan fingerprint density at radius 3 is 2.41 bits per heavy atom. The van der Waals surface area contributed by atoms with Crippen LogP contribution < -0.4 is 0 Å². The molecule has 1 fully saturated rings. The highest BCUT2D eigenvalue weighted by atomic mass is 16.7. The predicted molar refractivity (Wildman–Crippen MR) is 85.6 cm³/mol. The Kier molecular flexibility index (Phi) is 4.88. The largest absolute Gasteiger partial charge is 0.369 e. The van der Waals surface area contributed by atoms with Gasteiger partial charge < -0.3 is 14.2 Å². The van der Waals surface area contributed by atoms with Gasteiger partial charge in [-0.05, 0) is 25.0 Å². The van der Waals surface area contributed by atoms with Gasteiger partial charge in [-0.1, -0.05) is 54.1 Å². The third-order valence-corrected chi connectivity index (χ3v) is 3.91. The van der Waals surface area contributed by atoms with E-state index in [2.05, 4.69) is 32.0 Å². The smallest absolute Gasteiger partial charge is 0.184 e. The van der Waals surface area contributed by atoms with E-state index in [1.165, 1.54) is 16.7 Å². The van der Waals surface area contributed by atoms with Crippen LogP contribution in [0.4, 0.5) is 0 Å². The van der Waals surface area contributed by atoms with E-state index >= 15 is 0 Å². The number of hydrogen-bond donors (Lipinski definition) is 0. The summed E-state index contributed by atoms with van der Waals surface area (Å²) in [5.41, 5.74) is 4.81. The molecular formula is C19H22O3. The van der Waals surface area contributed by atoms with Crippen molar-refractivity contribution in [2.75, 3.05) is 13.2 Å². The zero-order chi connectivity index (χ0) is 15.4. The number of benzene rings is 2. The number of aryl methyl sites for hydroxylation is 2. The fourth-order valence-electron chi connectivity index (χ4n) is 2.60. The Labute approximate surface area is 131 Å². The summed E-state index contributed by atoms with van der Waals surface area (Å²) in [5, 5.41) is 0. The second-order valence-corrected chi connectivity index (χ2v) is 5.77. The highest BCUT2D eigenvalue weighted by Gasteiger charge is 2.23. The van der Waals surface area contributed by atoms with Gasteiger partial charge in [0.05, 0.1) is 19.8 Å². The number of rotatable bonds is 4. The SMILES string of the molecule is Cc1ccc(COC2COC(c3ccccc3)OC2)c(C)c1. The zero-order valence-corrected chi connectivity index (χ0v) is 13.1. The van der Waals surface area contributed by atoms with Crippen LogP contribution >= 0.6 is 0 Å². The normalized spacial score (nSPS) is 21.7. The van der Waals surface area contributed by atoms with E-state index in [1.807, 2.05) is 30.3 Å². The van der Waals surface area contributed by atoms with Gasteiger partial charge in [0.2, 0.25) is 0 Å². The summed E-state index contributed by atoms with van der Waals surface area (Å²) in [6.07, 6.45) is -0.289. The molecule has 3 heteroatoms. The molecule has 1 saturated heterocycles. The van der Waals surface area contributed by atoms with E-state index in [0.29, 0.717) is 19.8 Å². The van der Waals surface area contributed by atoms with Gasteiger partial charge in [0.15, 0.2) is 6.29 Å². The molecule has 0 N–H and O–H groups in total. The van der Waals surface area contributed by atoms with Crippen LogP contribution in [0.2, 0.25) is 0 Å². The standard InChI is InChI=1S/C19H22O3/c1-14-8-9-17(15(2)10-14)11-20-18-12-21-19(22-13-18)16-6-4-3-5-7-16/h3-10,18-19H,11-13H2,1-2H3. The Hall–Kier alpha value is -1.68. The Morgan fingerprint density at radius 2 is 1.73 bits per heavy atom. The van der Waals surface area contributed by atoms with Crippen molar-refractivity contribution in [2.45, 2.75) is 32.8 Å². The minimum absolute atomic E-state index is 0.0133. The molecule has 1 aliphatic rings. The summed E-state index contributed by atoms with van der Waals surface area (Å²) >= 11 is 0. The summed E-state index contributed by atoms with van der Waals surface area (Å²) in [6.45, 7) is 5.93. The fraction of sp³-hybridized carbons (Fsp3) is 0.368. The van der Waals surface area contributed by atoms with Crippen LogP contribution in [0.15, 0.2) is 48.5 Å². The third kappa shape index (κ3) is 3.74. The topological polar surface area (TPSA) is 27.7 Å². The van der Waals surface area contributed by atoms with E-state index in [-0.39, 0.29) is 12.4 Å². The van der Waals surface area contributed by atoms with Gasteiger partial charge in [-0.2, -0.15) is 0 Å². The quantitative estimate of drug-likeness (QED) is 0.856. The zero-order valence-electron chi connectivity index (χ0n) is 13.1. The summed E-state index contributed by atoms with van der Waals surface area (Å²) in [5.74, 6) is 0. The molecule has 2 aromatic rings. The summed E-state index contributed by atoms with van der Waals surface area (Å²) in [7, 11) is 0. The van der Waals surface area contributed by atoms with Gasteiger partial charge in [0.1, 0.15) is 6.10 Å². The van der Waals surface area contributed by atoms with Gasteiger partial charge in [-0.25, -0.2) is 0 Å². The first kappa shape index (κ1) is 15.2. The molecule has 2 aromatic carbocycles. The minimum atomic E-state index is -0.276. The maximum absolute atomic E-state index is 5.92. The van der Waals surface area contributed by atoms with Crippen LogP contribution in [0.25, 0.3) is 0 Å². The van der Waals surface area contributed by atoms with Crippen LogP contribution in [-0.2, 0) is 20.8 Å². The van der Waals surface area contributed by atoms with Gasteiger partial charge in [-0.15, -0.1) is 0 Å². The molecule has 0 spiro atoms. The number of hydrogen-bond acceptors (Lipinski definition) is 3. The summed E-state index contributed by atoms with van der Waals surface area (Å²) in [4.78, 5) is 0. The van der Waals surface area contributed by atoms with Gasteiger partial charge in [0.25, 0.3) is 0 Å². The van der Waals surface area contributed by atoms with Gasteiger partial charge >= 0.3 is 0 Å². The molecule has 3 rings (SSSR count). The molecule has 116 valence electrons. The third-order valence-electron chi connectivity index (χ3n) is 3.91. The Balaban J connectivity index is 1.50. The average Bonchev–Trinajstić information content (AvgIpc) is 2.55. The van der Waals surface area contributed by atoms with Crippen molar-refractivity contribution in [3.8, 4) is 0 Å². The molecule has 0 unspecified atom stereocenters. The minimum Gasteiger partial charge on any atom is -0.369 e. The van der Waals surface area contributed by atoms with E-state index in [0.717, 1.165) is 5.56 Å². The first-order valence-electron chi connectivity index (χ1n) is 7.68. The van der Waals surface area contributed by atoms with E-state index < -0.39 is 0 Å².